The monoisotopic (exact) mass is 231 g/mol. The Morgan fingerprint density at radius 3 is 2.35 bits per heavy atom. The van der Waals surface area contributed by atoms with Crippen molar-refractivity contribution in [2.45, 2.75) is 57.4 Å². The molecule has 1 saturated carbocycles. The van der Waals surface area contributed by atoms with Crippen molar-refractivity contribution in [3.05, 3.63) is 35.9 Å². The maximum Gasteiger partial charge on any atom is 0.0221 e. The van der Waals surface area contributed by atoms with E-state index in [2.05, 4.69) is 37.3 Å². The number of nitrogens with two attached hydrogens (primary N) is 1. The van der Waals surface area contributed by atoms with E-state index in [1.54, 1.807) is 0 Å². The van der Waals surface area contributed by atoms with E-state index >= 15 is 0 Å². The van der Waals surface area contributed by atoms with Gasteiger partial charge in [0.25, 0.3) is 0 Å². The minimum absolute atomic E-state index is 0.0156. The molecular formula is C16H25N. The molecule has 1 aromatic carbocycles. The van der Waals surface area contributed by atoms with Gasteiger partial charge in [0.2, 0.25) is 0 Å². The Morgan fingerprint density at radius 1 is 1.12 bits per heavy atom. The molecule has 1 heteroatoms. The lowest BCUT2D eigenvalue weighted by molar-refractivity contribution is 0.197. The van der Waals surface area contributed by atoms with Crippen LogP contribution in [0.15, 0.2) is 30.3 Å². The van der Waals surface area contributed by atoms with Crippen LogP contribution in [0.25, 0.3) is 0 Å². The summed E-state index contributed by atoms with van der Waals surface area (Å²) in [6, 6.07) is 10.7. The van der Waals surface area contributed by atoms with Crippen molar-refractivity contribution >= 4 is 0 Å². The van der Waals surface area contributed by atoms with Gasteiger partial charge in [0.15, 0.2) is 0 Å². The predicted molar refractivity (Wildman–Crippen MR) is 73.9 cm³/mol. The second-order valence-corrected chi connectivity index (χ2v) is 5.58. The molecule has 0 spiro atoms. The Balaban J connectivity index is 2.07. The summed E-state index contributed by atoms with van der Waals surface area (Å²) in [5.74, 6) is 0.724. The largest absolute Gasteiger partial charge is 0.325 e. The molecule has 0 saturated heterocycles. The number of hydrogen-bond acceptors (Lipinski definition) is 1. The summed E-state index contributed by atoms with van der Waals surface area (Å²) in [5, 5.41) is 0. The van der Waals surface area contributed by atoms with Crippen LogP contribution in [0.4, 0.5) is 0 Å². The molecule has 1 unspecified atom stereocenters. The normalized spacial score (nSPS) is 21.1. The van der Waals surface area contributed by atoms with Crippen LogP contribution in [0.1, 0.15) is 51.0 Å². The van der Waals surface area contributed by atoms with Crippen molar-refractivity contribution in [1.29, 1.82) is 0 Å². The Bertz CT molecular complexity index is 327. The Kier molecular flexibility index (Phi) is 4.22. The van der Waals surface area contributed by atoms with E-state index in [-0.39, 0.29) is 5.54 Å². The van der Waals surface area contributed by atoms with Crippen LogP contribution in [-0.2, 0) is 6.42 Å². The van der Waals surface area contributed by atoms with Crippen LogP contribution in [0.2, 0.25) is 0 Å². The molecule has 0 bridgehead atoms. The SMILES string of the molecule is CCC(N)(Cc1ccccc1)C1CCCCC1. The Hall–Kier alpha value is -0.820. The highest BCUT2D eigenvalue weighted by Gasteiger charge is 2.33. The minimum atomic E-state index is 0.0156. The molecule has 1 nitrogen and oxygen atoms in total. The van der Waals surface area contributed by atoms with Gasteiger partial charge >= 0.3 is 0 Å². The molecule has 0 radical (unpaired) electrons. The van der Waals surface area contributed by atoms with E-state index in [1.165, 1.54) is 37.7 Å². The second kappa shape index (κ2) is 5.68. The predicted octanol–water partition coefficient (Wildman–Crippen LogP) is 3.92. The van der Waals surface area contributed by atoms with Crippen molar-refractivity contribution in [3.8, 4) is 0 Å². The summed E-state index contributed by atoms with van der Waals surface area (Å²) in [5.41, 5.74) is 8.11. The molecule has 1 aliphatic rings. The molecule has 94 valence electrons. The first-order valence-electron chi connectivity index (χ1n) is 7.07. The van der Waals surface area contributed by atoms with Crippen molar-refractivity contribution in [1.82, 2.24) is 0 Å². The number of benzene rings is 1. The molecule has 1 aliphatic carbocycles. The molecule has 2 rings (SSSR count). The van der Waals surface area contributed by atoms with Gasteiger partial charge in [-0.2, -0.15) is 0 Å². The van der Waals surface area contributed by atoms with E-state index in [1.807, 2.05) is 0 Å². The second-order valence-electron chi connectivity index (χ2n) is 5.58. The molecule has 0 heterocycles. The summed E-state index contributed by atoms with van der Waals surface area (Å²) >= 11 is 0. The summed E-state index contributed by atoms with van der Waals surface area (Å²) < 4.78 is 0. The molecule has 0 aromatic heterocycles. The number of hydrogen-bond donors (Lipinski definition) is 1. The first kappa shape index (κ1) is 12.6. The van der Waals surface area contributed by atoms with Crippen LogP contribution < -0.4 is 5.73 Å². The maximum atomic E-state index is 6.70. The maximum absolute atomic E-state index is 6.70. The van der Waals surface area contributed by atoms with Crippen LogP contribution in [0.3, 0.4) is 0 Å². The smallest absolute Gasteiger partial charge is 0.0221 e. The molecule has 0 aliphatic heterocycles. The van der Waals surface area contributed by atoms with Crippen molar-refractivity contribution in [2.75, 3.05) is 0 Å². The first-order chi connectivity index (χ1) is 8.24. The zero-order valence-electron chi connectivity index (χ0n) is 11.0. The number of rotatable bonds is 4. The fourth-order valence-electron chi connectivity index (χ4n) is 3.21. The molecule has 1 aromatic rings. The quantitative estimate of drug-likeness (QED) is 0.835. The summed E-state index contributed by atoms with van der Waals surface area (Å²) in [6.45, 7) is 2.25. The molecular weight excluding hydrogens is 206 g/mol. The zero-order valence-corrected chi connectivity index (χ0v) is 11.0. The van der Waals surface area contributed by atoms with Crippen LogP contribution >= 0.6 is 0 Å². The third-order valence-electron chi connectivity index (χ3n) is 4.45. The van der Waals surface area contributed by atoms with E-state index in [0.717, 1.165) is 18.8 Å². The fourth-order valence-corrected chi connectivity index (χ4v) is 3.21. The van der Waals surface area contributed by atoms with Gasteiger partial charge in [-0.15, -0.1) is 0 Å². The van der Waals surface area contributed by atoms with E-state index < -0.39 is 0 Å². The highest BCUT2D eigenvalue weighted by atomic mass is 14.8. The first-order valence-corrected chi connectivity index (χ1v) is 7.07. The summed E-state index contributed by atoms with van der Waals surface area (Å²) in [7, 11) is 0. The highest BCUT2D eigenvalue weighted by Crippen LogP contribution is 2.35. The minimum Gasteiger partial charge on any atom is -0.325 e. The van der Waals surface area contributed by atoms with Gasteiger partial charge in [-0.25, -0.2) is 0 Å². The standard InChI is InChI=1S/C16H25N/c1-2-16(17,15-11-7-4-8-12-15)13-14-9-5-3-6-10-14/h3,5-6,9-10,15H,2,4,7-8,11-13,17H2,1H3. The van der Waals surface area contributed by atoms with Crippen LogP contribution in [0, 0.1) is 5.92 Å². The summed E-state index contributed by atoms with van der Waals surface area (Å²) in [6.07, 6.45) is 8.94. The Morgan fingerprint density at radius 2 is 1.76 bits per heavy atom. The van der Waals surface area contributed by atoms with E-state index in [9.17, 15) is 0 Å². The van der Waals surface area contributed by atoms with Crippen molar-refractivity contribution in [2.24, 2.45) is 11.7 Å². The molecule has 1 atom stereocenters. The van der Waals surface area contributed by atoms with E-state index in [0.29, 0.717) is 0 Å². The molecule has 0 amide bonds. The third-order valence-corrected chi connectivity index (χ3v) is 4.45. The zero-order chi connectivity index (χ0) is 12.1. The fraction of sp³-hybridized carbons (Fsp3) is 0.625. The average molecular weight is 231 g/mol. The van der Waals surface area contributed by atoms with Gasteiger partial charge in [0.05, 0.1) is 0 Å². The van der Waals surface area contributed by atoms with Gasteiger partial charge in [0, 0.05) is 5.54 Å². The summed E-state index contributed by atoms with van der Waals surface area (Å²) in [4.78, 5) is 0. The lowest BCUT2D eigenvalue weighted by atomic mass is 9.71. The van der Waals surface area contributed by atoms with Gasteiger partial charge in [-0.1, -0.05) is 56.5 Å². The van der Waals surface area contributed by atoms with Crippen LogP contribution in [-0.4, -0.2) is 5.54 Å². The van der Waals surface area contributed by atoms with Crippen LogP contribution in [0.5, 0.6) is 0 Å². The van der Waals surface area contributed by atoms with E-state index in [4.69, 9.17) is 5.73 Å². The van der Waals surface area contributed by atoms with Gasteiger partial charge in [0.1, 0.15) is 0 Å². The van der Waals surface area contributed by atoms with Gasteiger partial charge < -0.3 is 5.73 Å². The van der Waals surface area contributed by atoms with Gasteiger partial charge in [-0.05, 0) is 37.2 Å². The molecule has 1 fully saturated rings. The molecule has 2 N–H and O–H groups in total. The Labute approximate surface area is 105 Å². The lowest BCUT2D eigenvalue weighted by Crippen LogP contribution is -2.49. The average Bonchev–Trinajstić information content (AvgIpc) is 2.41. The van der Waals surface area contributed by atoms with Gasteiger partial charge in [-0.3, -0.25) is 0 Å². The van der Waals surface area contributed by atoms with Crippen molar-refractivity contribution in [3.63, 3.8) is 0 Å². The lowest BCUT2D eigenvalue weighted by Gasteiger charge is -2.39. The third kappa shape index (κ3) is 3.10. The van der Waals surface area contributed by atoms with Crippen molar-refractivity contribution < 1.29 is 0 Å². The highest BCUT2D eigenvalue weighted by molar-refractivity contribution is 5.18. The topological polar surface area (TPSA) is 26.0 Å². The molecule has 17 heavy (non-hydrogen) atoms.